The molecule has 0 aliphatic heterocycles. The number of aromatic amines is 1. The standard InChI is InChI=1S/C14H20N2/c1-9-6-7-12-11(3)13(5-4-8-15)16-14(12)10(9)2/h6-7,16H,4-5,8,15H2,1-3H3. The number of aromatic nitrogens is 1. The van der Waals surface area contributed by atoms with Crippen molar-refractivity contribution in [2.24, 2.45) is 5.73 Å². The Balaban J connectivity index is 2.54. The number of fused-ring (bicyclic) bond motifs is 1. The SMILES string of the molecule is Cc1ccc2c(C)c(CCCN)[nH]c2c1C. The van der Waals surface area contributed by atoms with Crippen molar-refractivity contribution in [3.8, 4) is 0 Å². The van der Waals surface area contributed by atoms with E-state index in [0.29, 0.717) is 0 Å². The molecule has 0 saturated heterocycles. The van der Waals surface area contributed by atoms with Gasteiger partial charge in [0.25, 0.3) is 0 Å². The van der Waals surface area contributed by atoms with Crippen LogP contribution in [0.4, 0.5) is 0 Å². The average Bonchev–Trinajstić information content (AvgIpc) is 2.59. The summed E-state index contributed by atoms with van der Waals surface area (Å²) in [6.07, 6.45) is 2.10. The van der Waals surface area contributed by atoms with Crippen molar-refractivity contribution in [1.29, 1.82) is 0 Å². The van der Waals surface area contributed by atoms with Gasteiger partial charge in [-0.25, -0.2) is 0 Å². The second-order valence-corrected chi connectivity index (χ2v) is 4.55. The van der Waals surface area contributed by atoms with Crippen LogP contribution in [0.1, 0.15) is 28.8 Å². The highest BCUT2D eigenvalue weighted by molar-refractivity contribution is 5.87. The molecule has 1 heterocycles. The summed E-state index contributed by atoms with van der Waals surface area (Å²) in [7, 11) is 0. The van der Waals surface area contributed by atoms with Crippen LogP contribution >= 0.6 is 0 Å². The van der Waals surface area contributed by atoms with Gasteiger partial charge in [0.2, 0.25) is 0 Å². The van der Waals surface area contributed by atoms with E-state index in [0.717, 1.165) is 19.4 Å². The van der Waals surface area contributed by atoms with E-state index in [2.05, 4.69) is 37.9 Å². The average molecular weight is 216 g/mol. The van der Waals surface area contributed by atoms with Crippen LogP contribution in [0.3, 0.4) is 0 Å². The monoisotopic (exact) mass is 216 g/mol. The number of aryl methyl sites for hydroxylation is 4. The molecule has 2 aromatic rings. The number of nitrogens with one attached hydrogen (secondary N) is 1. The van der Waals surface area contributed by atoms with Crippen LogP contribution < -0.4 is 5.73 Å². The minimum absolute atomic E-state index is 0.757. The van der Waals surface area contributed by atoms with Crippen molar-refractivity contribution >= 4 is 10.9 Å². The van der Waals surface area contributed by atoms with E-state index in [9.17, 15) is 0 Å². The lowest BCUT2D eigenvalue weighted by molar-refractivity contribution is 0.813. The first kappa shape index (κ1) is 11.2. The van der Waals surface area contributed by atoms with Gasteiger partial charge in [-0.05, 0) is 56.8 Å². The van der Waals surface area contributed by atoms with Gasteiger partial charge in [0.1, 0.15) is 0 Å². The molecule has 86 valence electrons. The zero-order valence-corrected chi connectivity index (χ0v) is 10.4. The van der Waals surface area contributed by atoms with Crippen LogP contribution in [-0.4, -0.2) is 11.5 Å². The van der Waals surface area contributed by atoms with Gasteiger partial charge in [0.15, 0.2) is 0 Å². The van der Waals surface area contributed by atoms with Gasteiger partial charge in [0.05, 0.1) is 0 Å². The van der Waals surface area contributed by atoms with Crippen molar-refractivity contribution in [3.05, 3.63) is 34.5 Å². The third-order valence-corrected chi connectivity index (χ3v) is 3.50. The molecule has 2 nitrogen and oxygen atoms in total. The highest BCUT2D eigenvalue weighted by Gasteiger charge is 2.09. The van der Waals surface area contributed by atoms with Crippen molar-refractivity contribution < 1.29 is 0 Å². The molecule has 2 rings (SSSR count). The molecular formula is C14H20N2. The smallest absolute Gasteiger partial charge is 0.0491 e. The second kappa shape index (κ2) is 4.30. The van der Waals surface area contributed by atoms with E-state index in [1.165, 1.54) is 33.3 Å². The van der Waals surface area contributed by atoms with E-state index in [4.69, 9.17) is 5.73 Å². The van der Waals surface area contributed by atoms with Crippen LogP contribution in [0.15, 0.2) is 12.1 Å². The highest BCUT2D eigenvalue weighted by Crippen LogP contribution is 2.26. The maximum atomic E-state index is 5.56. The van der Waals surface area contributed by atoms with E-state index >= 15 is 0 Å². The van der Waals surface area contributed by atoms with Gasteiger partial charge in [0, 0.05) is 16.6 Å². The topological polar surface area (TPSA) is 41.8 Å². The molecule has 0 atom stereocenters. The van der Waals surface area contributed by atoms with E-state index in [-0.39, 0.29) is 0 Å². The maximum absolute atomic E-state index is 5.56. The fourth-order valence-electron chi connectivity index (χ4n) is 2.23. The molecule has 0 unspecified atom stereocenters. The molecular weight excluding hydrogens is 196 g/mol. The summed E-state index contributed by atoms with van der Waals surface area (Å²) in [5.74, 6) is 0. The molecule has 1 aromatic heterocycles. The molecule has 0 fully saturated rings. The summed E-state index contributed by atoms with van der Waals surface area (Å²) in [6.45, 7) is 7.29. The normalized spacial score (nSPS) is 11.2. The third kappa shape index (κ3) is 1.74. The molecule has 0 saturated carbocycles. The van der Waals surface area contributed by atoms with E-state index in [1.54, 1.807) is 0 Å². The largest absolute Gasteiger partial charge is 0.358 e. The molecule has 0 aliphatic carbocycles. The first-order valence-corrected chi connectivity index (χ1v) is 5.92. The number of H-pyrrole nitrogens is 1. The van der Waals surface area contributed by atoms with E-state index < -0.39 is 0 Å². The fraction of sp³-hybridized carbons (Fsp3) is 0.429. The number of hydrogen-bond donors (Lipinski definition) is 2. The van der Waals surface area contributed by atoms with Crippen molar-refractivity contribution in [1.82, 2.24) is 4.98 Å². The lowest BCUT2D eigenvalue weighted by Crippen LogP contribution is -2.01. The van der Waals surface area contributed by atoms with E-state index in [1.807, 2.05) is 0 Å². The molecule has 0 amide bonds. The zero-order chi connectivity index (χ0) is 11.7. The Labute approximate surface area is 96.9 Å². The molecule has 0 aliphatic rings. The second-order valence-electron chi connectivity index (χ2n) is 4.55. The highest BCUT2D eigenvalue weighted by atomic mass is 14.7. The predicted octanol–water partition coefficient (Wildman–Crippen LogP) is 2.98. The van der Waals surface area contributed by atoms with Gasteiger partial charge in [-0.2, -0.15) is 0 Å². The van der Waals surface area contributed by atoms with Gasteiger partial charge in [-0.15, -0.1) is 0 Å². The molecule has 0 spiro atoms. The first-order valence-electron chi connectivity index (χ1n) is 5.92. The summed E-state index contributed by atoms with van der Waals surface area (Å²) >= 11 is 0. The van der Waals surface area contributed by atoms with Crippen LogP contribution in [0.5, 0.6) is 0 Å². The van der Waals surface area contributed by atoms with Gasteiger partial charge < -0.3 is 10.7 Å². The minimum Gasteiger partial charge on any atom is -0.358 e. The number of nitrogens with two attached hydrogens (primary N) is 1. The molecule has 16 heavy (non-hydrogen) atoms. The molecule has 0 radical (unpaired) electrons. The lowest BCUT2D eigenvalue weighted by atomic mass is 10.0. The van der Waals surface area contributed by atoms with Crippen LogP contribution in [0.2, 0.25) is 0 Å². The molecule has 1 aromatic carbocycles. The van der Waals surface area contributed by atoms with Crippen LogP contribution in [0.25, 0.3) is 10.9 Å². The lowest BCUT2D eigenvalue weighted by Gasteiger charge is -2.00. The summed E-state index contributed by atoms with van der Waals surface area (Å²) in [5, 5.41) is 1.36. The Kier molecular flexibility index (Phi) is 3.01. The van der Waals surface area contributed by atoms with Crippen LogP contribution in [0, 0.1) is 20.8 Å². The van der Waals surface area contributed by atoms with Crippen molar-refractivity contribution in [2.75, 3.05) is 6.54 Å². The molecule has 3 N–H and O–H groups in total. The summed E-state index contributed by atoms with van der Waals surface area (Å²) in [5.41, 5.74) is 12.3. The summed E-state index contributed by atoms with van der Waals surface area (Å²) < 4.78 is 0. The van der Waals surface area contributed by atoms with Gasteiger partial charge in [-0.3, -0.25) is 0 Å². The summed E-state index contributed by atoms with van der Waals surface area (Å²) in [6, 6.07) is 4.42. The van der Waals surface area contributed by atoms with Gasteiger partial charge >= 0.3 is 0 Å². The maximum Gasteiger partial charge on any atom is 0.0491 e. The Bertz CT molecular complexity index is 509. The number of rotatable bonds is 3. The van der Waals surface area contributed by atoms with Crippen LogP contribution in [-0.2, 0) is 6.42 Å². The Morgan fingerprint density at radius 2 is 1.88 bits per heavy atom. The van der Waals surface area contributed by atoms with Crippen molar-refractivity contribution in [2.45, 2.75) is 33.6 Å². The number of benzene rings is 1. The minimum atomic E-state index is 0.757. The Morgan fingerprint density at radius 3 is 2.56 bits per heavy atom. The molecule has 0 bridgehead atoms. The Morgan fingerprint density at radius 1 is 1.12 bits per heavy atom. The van der Waals surface area contributed by atoms with Gasteiger partial charge in [-0.1, -0.05) is 12.1 Å². The first-order chi connectivity index (χ1) is 7.65. The third-order valence-electron chi connectivity index (χ3n) is 3.50. The van der Waals surface area contributed by atoms with Crippen molar-refractivity contribution in [3.63, 3.8) is 0 Å². The number of hydrogen-bond acceptors (Lipinski definition) is 1. The zero-order valence-electron chi connectivity index (χ0n) is 10.4. The fourth-order valence-corrected chi connectivity index (χ4v) is 2.23. The summed E-state index contributed by atoms with van der Waals surface area (Å²) in [4.78, 5) is 3.55. The Hall–Kier alpha value is -1.28. The predicted molar refractivity (Wildman–Crippen MR) is 69.9 cm³/mol. The molecule has 2 heteroatoms. The quantitative estimate of drug-likeness (QED) is 0.813.